The molecule has 4 aromatic heterocycles. The van der Waals surface area contributed by atoms with Crippen molar-refractivity contribution < 1.29 is 8.42 Å². The van der Waals surface area contributed by atoms with Crippen LogP contribution in [0.4, 0.5) is 5.95 Å². The van der Waals surface area contributed by atoms with Gasteiger partial charge in [-0.2, -0.15) is 5.10 Å². The van der Waals surface area contributed by atoms with Crippen LogP contribution in [0.15, 0.2) is 41.8 Å². The number of nitrogens with zero attached hydrogens (tertiary/aromatic N) is 6. The average Bonchev–Trinajstić information content (AvgIpc) is 3.08. The number of sulfone groups is 1. The van der Waals surface area contributed by atoms with E-state index in [2.05, 4.69) is 14.9 Å². The smallest absolute Gasteiger partial charge is 0.204 e. The number of aromatic nitrogens is 6. The van der Waals surface area contributed by atoms with E-state index in [4.69, 9.17) is 10.1 Å². The van der Waals surface area contributed by atoms with Gasteiger partial charge in [0.15, 0.2) is 14.9 Å². The van der Waals surface area contributed by atoms with E-state index in [0.717, 1.165) is 41.7 Å². The van der Waals surface area contributed by atoms with Gasteiger partial charge in [0.2, 0.25) is 5.95 Å². The number of hydrogen-bond acceptors (Lipinski definition) is 6. The lowest BCUT2D eigenvalue weighted by Gasteiger charge is -2.08. The predicted octanol–water partition coefficient (Wildman–Crippen LogP) is 2.23. The van der Waals surface area contributed by atoms with Crippen molar-refractivity contribution in [1.29, 1.82) is 0 Å². The maximum Gasteiger partial charge on any atom is 0.204 e. The van der Waals surface area contributed by atoms with Gasteiger partial charge in [-0.3, -0.25) is 9.08 Å². The van der Waals surface area contributed by atoms with E-state index >= 15 is 0 Å². The zero-order chi connectivity index (χ0) is 19.8. The quantitative estimate of drug-likeness (QED) is 0.555. The van der Waals surface area contributed by atoms with Gasteiger partial charge in [0.05, 0.1) is 17.9 Å². The minimum absolute atomic E-state index is 0.174. The van der Waals surface area contributed by atoms with Crippen molar-refractivity contribution in [3.05, 3.63) is 36.8 Å². The Bertz CT molecular complexity index is 1370. The Morgan fingerprint density at radius 2 is 2.07 bits per heavy atom. The Hall–Kier alpha value is -3.14. The van der Waals surface area contributed by atoms with E-state index in [0.29, 0.717) is 11.7 Å². The molecule has 148 valence electrons. The monoisotopic (exact) mass is 409 g/mol. The molecular weight excluding hydrogens is 390 g/mol. The fraction of sp³-hybridized carbons (Fsp3) is 0.316. The lowest BCUT2D eigenvalue weighted by Crippen LogP contribution is -2.03. The summed E-state index contributed by atoms with van der Waals surface area (Å²) < 4.78 is 30.1. The molecule has 2 aliphatic rings. The van der Waals surface area contributed by atoms with E-state index in [1.165, 1.54) is 25.3 Å². The van der Waals surface area contributed by atoms with Crippen molar-refractivity contribution in [2.75, 3.05) is 18.1 Å². The van der Waals surface area contributed by atoms with Crippen LogP contribution in [0.1, 0.15) is 18.9 Å². The van der Waals surface area contributed by atoms with Gasteiger partial charge < -0.3 is 9.88 Å². The van der Waals surface area contributed by atoms with Crippen molar-refractivity contribution in [1.82, 2.24) is 28.7 Å². The second-order valence-electron chi connectivity index (χ2n) is 7.64. The average molecular weight is 409 g/mol. The molecule has 0 spiro atoms. The van der Waals surface area contributed by atoms with Crippen LogP contribution in [-0.2, 0) is 16.4 Å². The third-order valence-electron chi connectivity index (χ3n) is 5.48. The van der Waals surface area contributed by atoms with Crippen molar-refractivity contribution in [3.8, 4) is 22.6 Å². The first-order chi connectivity index (χ1) is 14.0. The Balaban J connectivity index is 1.56. The van der Waals surface area contributed by atoms with Gasteiger partial charge in [-0.15, -0.1) is 0 Å². The predicted molar refractivity (Wildman–Crippen MR) is 108 cm³/mol. The lowest BCUT2D eigenvalue weighted by molar-refractivity contribution is 0.597. The molecule has 10 heteroatoms. The summed E-state index contributed by atoms with van der Waals surface area (Å²) in [6.45, 7) is 1.61. The largest absolute Gasteiger partial charge is 0.354 e. The van der Waals surface area contributed by atoms with Gasteiger partial charge in [0.25, 0.3) is 0 Å². The number of imidazole rings is 2. The van der Waals surface area contributed by atoms with E-state index in [1.807, 2.05) is 35.3 Å². The van der Waals surface area contributed by atoms with Crippen LogP contribution in [0.2, 0.25) is 0 Å². The van der Waals surface area contributed by atoms with E-state index in [9.17, 15) is 8.42 Å². The highest BCUT2D eigenvalue weighted by molar-refractivity contribution is 7.90. The van der Waals surface area contributed by atoms with Crippen LogP contribution in [0.5, 0.6) is 0 Å². The molecule has 0 bridgehead atoms. The van der Waals surface area contributed by atoms with Gasteiger partial charge in [0, 0.05) is 37.3 Å². The molecule has 1 saturated carbocycles. The number of rotatable bonds is 4. The number of nitrogens with one attached hydrogen (secondary N) is 1. The molecule has 0 atom stereocenters. The van der Waals surface area contributed by atoms with Crippen LogP contribution in [0.25, 0.3) is 28.3 Å². The molecule has 0 unspecified atom stereocenters. The Labute approximate surface area is 166 Å². The third kappa shape index (κ3) is 2.59. The first kappa shape index (κ1) is 16.8. The number of hydrogen-bond donors (Lipinski definition) is 1. The molecule has 1 fully saturated rings. The summed E-state index contributed by atoms with van der Waals surface area (Å²) in [6, 6.07) is 6.29. The van der Waals surface area contributed by atoms with Crippen molar-refractivity contribution >= 4 is 21.4 Å². The highest BCUT2D eigenvalue weighted by Crippen LogP contribution is 2.38. The molecule has 0 radical (unpaired) electrons. The topological polar surface area (TPSA) is 99.1 Å². The van der Waals surface area contributed by atoms with Gasteiger partial charge in [0.1, 0.15) is 17.0 Å². The van der Waals surface area contributed by atoms with E-state index in [1.54, 1.807) is 4.40 Å². The van der Waals surface area contributed by atoms with Gasteiger partial charge >= 0.3 is 0 Å². The summed E-state index contributed by atoms with van der Waals surface area (Å²) >= 11 is 0. The molecule has 5 heterocycles. The first-order valence-corrected chi connectivity index (χ1v) is 11.5. The summed E-state index contributed by atoms with van der Waals surface area (Å²) in [5.41, 5.74) is 4.02. The SMILES string of the molecule is CS(=O)(=O)c1cnc2ccc(-c3c(-c4ccn(C5CC5)n4)nc4n3CCN4)cn12. The summed E-state index contributed by atoms with van der Waals surface area (Å²) in [5, 5.41) is 8.24. The summed E-state index contributed by atoms with van der Waals surface area (Å²) in [6.07, 6.45) is 8.76. The van der Waals surface area contributed by atoms with E-state index in [-0.39, 0.29) is 5.03 Å². The maximum absolute atomic E-state index is 12.2. The second kappa shape index (κ2) is 5.69. The van der Waals surface area contributed by atoms with Crippen LogP contribution in [0.3, 0.4) is 0 Å². The molecule has 0 aromatic carbocycles. The summed E-state index contributed by atoms with van der Waals surface area (Å²) in [5.74, 6) is 0.810. The molecule has 6 rings (SSSR count). The van der Waals surface area contributed by atoms with Crippen LogP contribution in [0, 0.1) is 0 Å². The molecule has 1 aliphatic heterocycles. The molecule has 0 amide bonds. The highest BCUT2D eigenvalue weighted by Gasteiger charge is 2.28. The zero-order valence-corrected chi connectivity index (χ0v) is 16.6. The van der Waals surface area contributed by atoms with Crippen molar-refractivity contribution in [2.45, 2.75) is 30.5 Å². The first-order valence-electron chi connectivity index (χ1n) is 9.56. The maximum atomic E-state index is 12.2. The van der Waals surface area contributed by atoms with Gasteiger partial charge in [-0.05, 0) is 31.0 Å². The zero-order valence-electron chi connectivity index (χ0n) is 15.8. The molecular formula is C19H19N7O2S. The summed E-state index contributed by atoms with van der Waals surface area (Å²) in [4.78, 5) is 9.03. The molecule has 1 N–H and O–H groups in total. The van der Waals surface area contributed by atoms with E-state index < -0.39 is 9.84 Å². The standard InChI is InChI=1S/C19H19N7O2S/c1-29(27,28)16-10-21-15-5-2-12(11-25(15)16)18-17(22-19-20-7-9-24(18)19)14-6-8-26(23-14)13-3-4-13/h2,5-6,8,10-11,13H,3-4,7,9H2,1H3,(H,20,22). The third-order valence-corrected chi connectivity index (χ3v) is 6.54. The van der Waals surface area contributed by atoms with Crippen molar-refractivity contribution in [2.24, 2.45) is 0 Å². The van der Waals surface area contributed by atoms with Crippen LogP contribution < -0.4 is 5.32 Å². The molecule has 29 heavy (non-hydrogen) atoms. The normalized spacial score (nSPS) is 16.3. The van der Waals surface area contributed by atoms with Crippen LogP contribution >= 0.6 is 0 Å². The molecule has 9 nitrogen and oxygen atoms in total. The Kier molecular flexibility index (Phi) is 3.29. The van der Waals surface area contributed by atoms with Crippen molar-refractivity contribution in [3.63, 3.8) is 0 Å². The Morgan fingerprint density at radius 1 is 1.21 bits per heavy atom. The summed E-state index contributed by atoms with van der Waals surface area (Å²) in [7, 11) is -3.39. The molecule has 4 aromatic rings. The number of anilines is 1. The highest BCUT2D eigenvalue weighted by atomic mass is 32.2. The number of pyridine rings is 1. The minimum atomic E-state index is -3.39. The molecule has 1 aliphatic carbocycles. The lowest BCUT2D eigenvalue weighted by atomic mass is 10.1. The molecule has 0 saturated heterocycles. The fourth-order valence-electron chi connectivity index (χ4n) is 3.94. The number of fused-ring (bicyclic) bond motifs is 2. The second-order valence-corrected chi connectivity index (χ2v) is 9.60. The van der Waals surface area contributed by atoms with Crippen LogP contribution in [-0.4, -0.2) is 49.9 Å². The van der Waals surface area contributed by atoms with Gasteiger partial charge in [-0.1, -0.05) is 0 Å². The van der Waals surface area contributed by atoms with Gasteiger partial charge in [-0.25, -0.2) is 18.4 Å². The Morgan fingerprint density at radius 3 is 2.86 bits per heavy atom. The minimum Gasteiger partial charge on any atom is -0.354 e. The fourth-order valence-corrected chi connectivity index (χ4v) is 4.68.